The molecule has 0 bridgehead atoms. The average Bonchev–Trinajstić information content (AvgIpc) is 2.19. The lowest BCUT2D eigenvalue weighted by Gasteiger charge is -2.22. The highest BCUT2D eigenvalue weighted by Gasteiger charge is 2.06. The van der Waals surface area contributed by atoms with Gasteiger partial charge in [-0.15, -0.1) is 12.6 Å². The van der Waals surface area contributed by atoms with Crippen molar-refractivity contribution in [2.75, 3.05) is 11.4 Å². The zero-order valence-corrected chi connectivity index (χ0v) is 10.7. The molecule has 0 spiro atoms. The number of para-hydroxylation sites is 1. The van der Waals surface area contributed by atoms with Crippen molar-refractivity contribution in [3.63, 3.8) is 0 Å². The molecule has 1 aromatic carbocycles. The molecule has 0 aliphatic rings. The van der Waals surface area contributed by atoms with E-state index in [1.54, 1.807) is 0 Å². The number of anilines is 1. The van der Waals surface area contributed by atoms with E-state index in [0.29, 0.717) is 4.32 Å². The minimum Gasteiger partial charge on any atom is -0.344 e. The normalized spacial score (nSPS) is 9.20. The Labute approximate surface area is 103 Å². The standard InChI is InChI=1S/C11H15NS2.H3N/c1-2-3-9-12(11(13)14)10-7-5-4-6-8-10;/h4-8H,2-3,9H2,1H3,(H,13,14);1H3. The molecule has 4 heteroatoms. The number of thiocarbonyl (C=S) groups is 1. The van der Waals surface area contributed by atoms with Crippen molar-refractivity contribution in [2.45, 2.75) is 19.8 Å². The molecule has 84 valence electrons. The van der Waals surface area contributed by atoms with Gasteiger partial charge in [-0.25, -0.2) is 0 Å². The maximum Gasteiger partial charge on any atom is 0.137 e. The van der Waals surface area contributed by atoms with Crippen LogP contribution >= 0.6 is 24.8 Å². The van der Waals surface area contributed by atoms with E-state index >= 15 is 0 Å². The van der Waals surface area contributed by atoms with Crippen LogP contribution in [-0.4, -0.2) is 10.9 Å². The van der Waals surface area contributed by atoms with E-state index in [4.69, 9.17) is 12.2 Å². The number of hydrogen-bond donors (Lipinski definition) is 2. The molecule has 0 saturated carbocycles. The molecule has 1 rings (SSSR count). The third-order valence-corrected chi connectivity index (χ3v) is 2.50. The molecule has 0 unspecified atom stereocenters. The van der Waals surface area contributed by atoms with Gasteiger partial charge < -0.3 is 11.1 Å². The van der Waals surface area contributed by atoms with Gasteiger partial charge in [0.25, 0.3) is 0 Å². The Balaban J connectivity index is 0.00000196. The highest BCUT2D eigenvalue weighted by Crippen LogP contribution is 2.16. The van der Waals surface area contributed by atoms with E-state index < -0.39 is 0 Å². The van der Waals surface area contributed by atoms with Gasteiger partial charge in [-0.05, 0) is 18.6 Å². The number of nitrogens with zero attached hydrogens (tertiary/aromatic N) is 1. The highest BCUT2D eigenvalue weighted by molar-refractivity contribution is 8.11. The van der Waals surface area contributed by atoms with Gasteiger partial charge in [0.05, 0.1) is 0 Å². The maximum atomic E-state index is 5.10. The molecule has 0 atom stereocenters. The zero-order chi connectivity index (χ0) is 10.4. The fraction of sp³-hybridized carbons (Fsp3) is 0.364. The van der Waals surface area contributed by atoms with Crippen LogP contribution in [0.3, 0.4) is 0 Å². The third kappa shape index (κ3) is 4.64. The molecule has 1 aromatic rings. The summed E-state index contributed by atoms with van der Waals surface area (Å²) in [5.74, 6) is 0. The molecule has 0 heterocycles. The zero-order valence-electron chi connectivity index (χ0n) is 9.02. The molecule has 0 amide bonds. The van der Waals surface area contributed by atoms with Crippen molar-refractivity contribution in [1.82, 2.24) is 6.15 Å². The summed E-state index contributed by atoms with van der Waals surface area (Å²) in [5, 5.41) is 0. The molecule has 15 heavy (non-hydrogen) atoms. The Bertz CT molecular complexity index is 288. The summed E-state index contributed by atoms with van der Waals surface area (Å²) in [4.78, 5) is 2.06. The van der Waals surface area contributed by atoms with Gasteiger partial charge in [-0.1, -0.05) is 43.8 Å². The predicted octanol–water partition coefficient (Wildman–Crippen LogP) is 3.67. The first-order valence-electron chi connectivity index (χ1n) is 4.81. The van der Waals surface area contributed by atoms with Gasteiger partial charge in [0.15, 0.2) is 0 Å². The smallest absolute Gasteiger partial charge is 0.137 e. The molecule has 0 aromatic heterocycles. The Morgan fingerprint density at radius 3 is 2.40 bits per heavy atom. The summed E-state index contributed by atoms with van der Waals surface area (Å²) in [6.45, 7) is 3.12. The van der Waals surface area contributed by atoms with Crippen LogP contribution in [0.4, 0.5) is 5.69 Å². The second-order valence-electron chi connectivity index (χ2n) is 3.12. The molecule has 0 radical (unpaired) electrons. The van der Waals surface area contributed by atoms with Crippen molar-refractivity contribution >= 4 is 34.9 Å². The van der Waals surface area contributed by atoms with Gasteiger partial charge in [-0.3, -0.25) is 0 Å². The molecular formula is C11H18N2S2. The molecule has 0 aliphatic carbocycles. The second-order valence-corrected chi connectivity index (χ2v) is 4.24. The number of benzene rings is 1. The van der Waals surface area contributed by atoms with Gasteiger partial charge >= 0.3 is 0 Å². The van der Waals surface area contributed by atoms with Crippen LogP contribution in [0.5, 0.6) is 0 Å². The van der Waals surface area contributed by atoms with Crippen molar-refractivity contribution < 1.29 is 0 Å². The van der Waals surface area contributed by atoms with Gasteiger partial charge in [0.2, 0.25) is 0 Å². The third-order valence-electron chi connectivity index (χ3n) is 2.03. The molecule has 0 fully saturated rings. The lowest BCUT2D eigenvalue weighted by Crippen LogP contribution is -2.26. The first-order valence-corrected chi connectivity index (χ1v) is 5.66. The number of thiol groups is 1. The quantitative estimate of drug-likeness (QED) is 0.625. The van der Waals surface area contributed by atoms with E-state index in [1.165, 1.54) is 6.42 Å². The van der Waals surface area contributed by atoms with E-state index in [-0.39, 0.29) is 6.15 Å². The van der Waals surface area contributed by atoms with E-state index in [1.807, 2.05) is 18.2 Å². The van der Waals surface area contributed by atoms with Gasteiger partial charge in [-0.2, -0.15) is 0 Å². The fourth-order valence-electron chi connectivity index (χ4n) is 1.26. The summed E-state index contributed by atoms with van der Waals surface area (Å²) in [7, 11) is 0. The van der Waals surface area contributed by atoms with Gasteiger partial charge in [0, 0.05) is 12.2 Å². The van der Waals surface area contributed by atoms with Crippen molar-refractivity contribution in [1.29, 1.82) is 0 Å². The SMILES string of the molecule is CCCCN(C(=S)S)c1ccccc1.N. The van der Waals surface area contributed by atoms with Crippen LogP contribution in [0.25, 0.3) is 0 Å². The molecule has 0 saturated heterocycles. The topological polar surface area (TPSA) is 38.2 Å². The van der Waals surface area contributed by atoms with E-state index in [9.17, 15) is 0 Å². The Morgan fingerprint density at radius 1 is 1.33 bits per heavy atom. The Hall–Kier alpha value is -0.580. The van der Waals surface area contributed by atoms with Gasteiger partial charge in [0.1, 0.15) is 4.32 Å². The van der Waals surface area contributed by atoms with E-state index in [0.717, 1.165) is 18.7 Å². The van der Waals surface area contributed by atoms with Crippen LogP contribution in [0.2, 0.25) is 0 Å². The van der Waals surface area contributed by atoms with Crippen LogP contribution in [-0.2, 0) is 0 Å². The summed E-state index contributed by atoms with van der Waals surface area (Å²) < 4.78 is 0.643. The lowest BCUT2D eigenvalue weighted by atomic mass is 10.2. The number of rotatable bonds is 4. The van der Waals surface area contributed by atoms with Crippen LogP contribution in [0.1, 0.15) is 19.8 Å². The number of unbranched alkanes of at least 4 members (excludes halogenated alkanes) is 1. The van der Waals surface area contributed by atoms with Crippen LogP contribution < -0.4 is 11.1 Å². The monoisotopic (exact) mass is 242 g/mol. The Morgan fingerprint density at radius 2 is 1.93 bits per heavy atom. The maximum absolute atomic E-state index is 5.10. The predicted molar refractivity (Wildman–Crippen MR) is 75.3 cm³/mol. The average molecular weight is 242 g/mol. The summed E-state index contributed by atoms with van der Waals surface area (Å²) in [5.41, 5.74) is 1.13. The largest absolute Gasteiger partial charge is 0.344 e. The molecule has 2 nitrogen and oxygen atoms in total. The lowest BCUT2D eigenvalue weighted by molar-refractivity contribution is 0.800. The van der Waals surface area contributed by atoms with Crippen molar-refractivity contribution in [3.8, 4) is 0 Å². The van der Waals surface area contributed by atoms with Crippen LogP contribution in [0, 0.1) is 0 Å². The second kappa shape index (κ2) is 7.68. The first kappa shape index (κ1) is 14.4. The summed E-state index contributed by atoms with van der Waals surface area (Å²) in [6.07, 6.45) is 2.30. The Kier molecular flexibility index (Phi) is 7.38. The summed E-state index contributed by atoms with van der Waals surface area (Å²) in [6, 6.07) is 10.1. The minimum atomic E-state index is 0. The first-order chi connectivity index (χ1) is 6.75. The van der Waals surface area contributed by atoms with E-state index in [2.05, 4.69) is 36.6 Å². The van der Waals surface area contributed by atoms with Crippen molar-refractivity contribution in [3.05, 3.63) is 30.3 Å². The highest BCUT2D eigenvalue weighted by atomic mass is 32.1. The molecule has 3 N–H and O–H groups in total. The number of hydrogen-bond acceptors (Lipinski definition) is 2. The van der Waals surface area contributed by atoms with Crippen LogP contribution in [0.15, 0.2) is 30.3 Å². The minimum absolute atomic E-state index is 0. The summed E-state index contributed by atoms with van der Waals surface area (Å²) >= 11 is 9.34. The molecule has 0 aliphatic heterocycles. The fourth-order valence-corrected chi connectivity index (χ4v) is 1.67. The van der Waals surface area contributed by atoms with Crippen molar-refractivity contribution in [2.24, 2.45) is 0 Å². The molecular weight excluding hydrogens is 224 g/mol.